The summed E-state index contributed by atoms with van der Waals surface area (Å²) in [5.74, 6) is 0.362. The Kier molecular flexibility index (Phi) is 5.79. The maximum absolute atomic E-state index is 12.0. The smallest absolute Gasteiger partial charge is 0.251 e. The van der Waals surface area contributed by atoms with Gasteiger partial charge in [0.25, 0.3) is 5.91 Å². The van der Waals surface area contributed by atoms with Crippen molar-refractivity contribution >= 4 is 31.7 Å². The highest BCUT2D eigenvalue weighted by atomic mass is 79.9. The second-order valence-electron chi connectivity index (χ2n) is 4.86. The number of carbonyl (C=O) groups is 1. The molecule has 1 amide bonds. The highest BCUT2D eigenvalue weighted by Gasteiger charge is 2.11. The fraction of sp³-hybridized carbons (Fsp3) is 0.188. The number of amides is 1. The largest absolute Gasteiger partial charge is 0.492 e. The van der Waals surface area contributed by atoms with Crippen molar-refractivity contribution in [2.45, 2.75) is 4.90 Å². The van der Waals surface area contributed by atoms with Crippen LogP contribution in [0, 0.1) is 0 Å². The van der Waals surface area contributed by atoms with Crippen molar-refractivity contribution in [3.8, 4) is 5.75 Å². The molecular weight excluding hydrogens is 382 g/mol. The van der Waals surface area contributed by atoms with E-state index in [0.717, 1.165) is 10.7 Å². The molecule has 2 aromatic rings. The van der Waals surface area contributed by atoms with E-state index < -0.39 is 9.84 Å². The molecule has 0 aliphatic carbocycles. The van der Waals surface area contributed by atoms with Crippen LogP contribution in [0.1, 0.15) is 10.4 Å². The quantitative estimate of drug-likeness (QED) is 0.760. The molecule has 0 aliphatic heterocycles. The van der Waals surface area contributed by atoms with Gasteiger partial charge in [0.15, 0.2) is 9.84 Å². The summed E-state index contributed by atoms with van der Waals surface area (Å²) in [7, 11) is -3.33. The Morgan fingerprint density at radius 3 is 2.61 bits per heavy atom. The zero-order valence-electron chi connectivity index (χ0n) is 12.5. The molecule has 0 heterocycles. The number of ether oxygens (including phenoxy) is 1. The summed E-state index contributed by atoms with van der Waals surface area (Å²) in [6.07, 6.45) is 1.11. The Balaban J connectivity index is 1.88. The molecule has 0 saturated carbocycles. The lowest BCUT2D eigenvalue weighted by atomic mass is 10.2. The minimum absolute atomic E-state index is 0.121. The molecule has 5 nitrogen and oxygen atoms in total. The monoisotopic (exact) mass is 397 g/mol. The van der Waals surface area contributed by atoms with Gasteiger partial charge >= 0.3 is 0 Å². The maximum atomic E-state index is 12.0. The molecule has 0 aromatic heterocycles. The fourth-order valence-electron chi connectivity index (χ4n) is 1.86. The third-order valence-corrected chi connectivity index (χ3v) is 4.58. The summed E-state index contributed by atoms with van der Waals surface area (Å²) >= 11 is 3.35. The van der Waals surface area contributed by atoms with Gasteiger partial charge in [-0.1, -0.05) is 28.1 Å². The van der Waals surface area contributed by atoms with Crippen molar-refractivity contribution in [2.75, 3.05) is 19.4 Å². The summed E-state index contributed by atoms with van der Waals surface area (Å²) in [6.45, 7) is 0.627. The topological polar surface area (TPSA) is 72.5 Å². The minimum Gasteiger partial charge on any atom is -0.492 e. The lowest BCUT2D eigenvalue weighted by Gasteiger charge is -2.08. The van der Waals surface area contributed by atoms with Crippen molar-refractivity contribution in [2.24, 2.45) is 0 Å². The first-order chi connectivity index (χ1) is 10.9. The highest BCUT2D eigenvalue weighted by Crippen LogP contribution is 2.17. The van der Waals surface area contributed by atoms with Gasteiger partial charge < -0.3 is 10.1 Å². The van der Waals surface area contributed by atoms with Crippen LogP contribution in [0.25, 0.3) is 0 Å². The molecule has 1 N–H and O–H groups in total. The van der Waals surface area contributed by atoms with Gasteiger partial charge in [-0.2, -0.15) is 0 Å². The van der Waals surface area contributed by atoms with Crippen molar-refractivity contribution in [1.29, 1.82) is 0 Å². The van der Waals surface area contributed by atoms with E-state index in [9.17, 15) is 13.2 Å². The number of benzene rings is 2. The van der Waals surface area contributed by atoms with Gasteiger partial charge in [-0.25, -0.2) is 8.42 Å². The molecule has 0 bridgehead atoms. The standard InChI is InChI=1S/C16H16BrNO4S/c1-23(20,21)15-7-2-4-12(10-15)16(19)18-8-9-22-14-6-3-5-13(17)11-14/h2-7,10-11H,8-9H2,1H3,(H,18,19). The van der Waals surface area contributed by atoms with Gasteiger partial charge in [-0.15, -0.1) is 0 Å². The summed E-state index contributed by atoms with van der Waals surface area (Å²) in [5.41, 5.74) is 0.301. The Morgan fingerprint density at radius 1 is 1.17 bits per heavy atom. The number of nitrogens with one attached hydrogen (secondary N) is 1. The molecule has 0 saturated heterocycles. The van der Waals surface area contributed by atoms with Crippen LogP contribution in [0.15, 0.2) is 57.9 Å². The van der Waals surface area contributed by atoms with Gasteiger partial charge in [0.05, 0.1) is 11.4 Å². The maximum Gasteiger partial charge on any atom is 0.251 e. The number of hydrogen-bond donors (Lipinski definition) is 1. The van der Waals surface area contributed by atoms with Gasteiger partial charge in [0.1, 0.15) is 12.4 Å². The second-order valence-corrected chi connectivity index (χ2v) is 7.79. The lowest BCUT2D eigenvalue weighted by Crippen LogP contribution is -2.28. The molecule has 0 spiro atoms. The normalized spacial score (nSPS) is 11.0. The predicted octanol–water partition coefficient (Wildman–Crippen LogP) is 2.66. The van der Waals surface area contributed by atoms with E-state index >= 15 is 0 Å². The molecule has 7 heteroatoms. The Hall–Kier alpha value is -1.86. The van der Waals surface area contributed by atoms with Crippen LogP contribution in [0.5, 0.6) is 5.75 Å². The highest BCUT2D eigenvalue weighted by molar-refractivity contribution is 9.10. The first-order valence-electron chi connectivity index (χ1n) is 6.83. The number of halogens is 1. The van der Waals surface area contributed by atoms with E-state index in [2.05, 4.69) is 21.2 Å². The average Bonchev–Trinajstić information content (AvgIpc) is 2.51. The first-order valence-corrected chi connectivity index (χ1v) is 9.51. The molecule has 2 rings (SSSR count). The van der Waals surface area contributed by atoms with Crippen LogP contribution in [0.2, 0.25) is 0 Å². The molecule has 0 radical (unpaired) electrons. The van der Waals surface area contributed by atoms with E-state index in [4.69, 9.17) is 4.74 Å². The summed E-state index contributed by atoms with van der Waals surface area (Å²) in [4.78, 5) is 12.1. The van der Waals surface area contributed by atoms with Crippen molar-refractivity contribution < 1.29 is 17.9 Å². The van der Waals surface area contributed by atoms with Crippen LogP contribution < -0.4 is 10.1 Å². The van der Waals surface area contributed by atoms with Crippen LogP contribution in [-0.4, -0.2) is 33.7 Å². The van der Waals surface area contributed by atoms with Crippen LogP contribution in [0.4, 0.5) is 0 Å². The van der Waals surface area contributed by atoms with E-state index in [0.29, 0.717) is 24.5 Å². The Bertz CT molecular complexity index is 805. The molecule has 0 aliphatic rings. The molecule has 0 fully saturated rings. The second kappa shape index (κ2) is 7.61. The Morgan fingerprint density at radius 2 is 1.91 bits per heavy atom. The summed E-state index contributed by atoms with van der Waals surface area (Å²) in [6, 6.07) is 13.3. The zero-order valence-corrected chi connectivity index (χ0v) is 14.9. The van der Waals surface area contributed by atoms with Crippen molar-refractivity contribution in [3.63, 3.8) is 0 Å². The molecule has 122 valence electrons. The number of hydrogen-bond acceptors (Lipinski definition) is 4. The van der Waals surface area contributed by atoms with Gasteiger partial charge in [0, 0.05) is 16.3 Å². The molecule has 2 aromatic carbocycles. The van der Waals surface area contributed by atoms with E-state index in [1.807, 2.05) is 24.3 Å². The minimum atomic E-state index is -3.33. The average molecular weight is 398 g/mol. The van der Waals surface area contributed by atoms with Gasteiger partial charge in [0.2, 0.25) is 0 Å². The first kappa shape index (κ1) is 17.5. The molecule has 0 unspecified atom stereocenters. The van der Waals surface area contributed by atoms with Gasteiger partial charge in [-0.05, 0) is 36.4 Å². The van der Waals surface area contributed by atoms with E-state index in [1.165, 1.54) is 12.1 Å². The van der Waals surface area contributed by atoms with Crippen LogP contribution >= 0.6 is 15.9 Å². The number of sulfone groups is 1. The Labute approximate surface area is 143 Å². The SMILES string of the molecule is CS(=O)(=O)c1cccc(C(=O)NCCOc2cccc(Br)c2)c1. The number of carbonyl (C=O) groups excluding carboxylic acids is 1. The van der Waals surface area contributed by atoms with Crippen molar-refractivity contribution in [3.05, 3.63) is 58.6 Å². The van der Waals surface area contributed by atoms with E-state index in [-0.39, 0.29) is 10.8 Å². The molecule has 0 atom stereocenters. The van der Waals surface area contributed by atoms with Gasteiger partial charge in [-0.3, -0.25) is 4.79 Å². The molecular formula is C16H16BrNO4S. The number of rotatable bonds is 6. The van der Waals surface area contributed by atoms with Crippen LogP contribution in [0.3, 0.4) is 0 Å². The lowest BCUT2D eigenvalue weighted by molar-refractivity contribution is 0.0947. The summed E-state index contributed by atoms with van der Waals surface area (Å²) in [5, 5.41) is 2.69. The summed E-state index contributed by atoms with van der Waals surface area (Å²) < 4.78 is 29.4. The van der Waals surface area contributed by atoms with Crippen molar-refractivity contribution in [1.82, 2.24) is 5.32 Å². The third kappa shape index (κ3) is 5.37. The predicted molar refractivity (Wildman–Crippen MR) is 91.5 cm³/mol. The molecule has 23 heavy (non-hydrogen) atoms. The third-order valence-electron chi connectivity index (χ3n) is 2.98. The fourth-order valence-corrected chi connectivity index (χ4v) is 2.91. The van der Waals surface area contributed by atoms with Crippen LogP contribution in [-0.2, 0) is 9.84 Å². The zero-order chi connectivity index (χ0) is 16.9. The van der Waals surface area contributed by atoms with E-state index in [1.54, 1.807) is 12.1 Å².